The standard InChI is InChI=1S/C24H21N3O5S/c28-21(20-5-2-8-33-20)25-18-6-7-19-17-9-14(12-27(19)23(18)30)11-26(13-17)22(29)15-3-1-4-16(10-15)24(31)32/h1-8,10,14,17H,9,11-13H2,(H,25,28)(H,31,32). The fourth-order valence-electron chi connectivity index (χ4n) is 4.77. The molecular formula is C24H21N3O5S. The second-order valence-electron chi connectivity index (χ2n) is 8.41. The first-order valence-electron chi connectivity index (χ1n) is 10.6. The van der Waals surface area contributed by atoms with Crippen LogP contribution in [0, 0.1) is 5.92 Å². The lowest BCUT2D eigenvalue weighted by Gasteiger charge is -2.43. The Balaban J connectivity index is 1.38. The highest BCUT2D eigenvalue weighted by Gasteiger charge is 2.37. The minimum Gasteiger partial charge on any atom is -0.478 e. The number of thiophene rings is 1. The number of pyridine rings is 1. The Morgan fingerprint density at radius 1 is 1.00 bits per heavy atom. The maximum Gasteiger partial charge on any atom is 0.335 e. The maximum atomic E-state index is 13.1. The highest BCUT2D eigenvalue weighted by atomic mass is 32.1. The Morgan fingerprint density at radius 3 is 2.58 bits per heavy atom. The predicted molar refractivity (Wildman–Crippen MR) is 123 cm³/mol. The van der Waals surface area contributed by atoms with Gasteiger partial charge in [0.25, 0.3) is 17.4 Å². The number of hydrogen-bond acceptors (Lipinski definition) is 5. The van der Waals surface area contributed by atoms with Crippen molar-refractivity contribution in [1.29, 1.82) is 0 Å². The van der Waals surface area contributed by atoms with Crippen molar-refractivity contribution in [3.63, 3.8) is 0 Å². The zero-order valence-electron chi connectivity index (χ0n) is 17.6. The van der Waals surface area contributed by atoms with E-state index in [0.29, 0.717) is 30.1 Å². The van der Waals surface area contributed by atoms with Crippen molar-refractivity contribution < 1.29 is 19.5 Å². The van der Waals surface area contributed by atoms with Crippen LogP contribution in [0.2, 0.25) is 0 Å². The second kappa shape index (κ2) is 8.32. The number of hydrogen-bond donors (Lipinski definition) is 2. The third-order valence-corrected chi connectivity index (χ3v) is 7.11. The largest absolute Gasteiger partial charge is 0.478 e. The van der Waals surface area contributed by atoms with Gasteiger partial charge < -0.3 is 19.9 Å². The molecule has 0 spiro atoms. The number of carboxylic acid groups (broad SMARTS) is 1. The Labute approximate surface area is 193 Å². The summed E-state index contributed by atoms with van der Waals surface area (Å²) in [5, 5.41) is 13.7. The van der Waals surface area contributed by atoms with E-state index in [2.05, 4.69) is 5.32 Å². The first-order chi connectivity index (χ1) is 15.9. The third kappa shape index (κ3) is 3.95. The minimum absolute atomic E-state index is 0.00106. The van der Waals surface area contributed by atoms with E-state index in [1.54, 1.807) is 45.2 Å². The molecule has 2 amide bonds. The van der Waals surface area contributed by atoms with E-state index < -0.39 is 5.97 Å². The number of fused-ring (bicyclic) bond motifs is 4. The highest BCUT2D eigenvalue weighted by Crippen LogP contribution is 2.36. The molecule has 1 aromatic carbocycles. The number of likely N-dealkylation sites (tertiary alicyclic amines) is 1. The van der Waals surface area contributed by atoms with Gasteiger partial charge in [-0.25, -0.2) is 4.79 Å². The SMILES string of the molecule is O=C(O)c1cccc(C(=O)N2CC3CC(C2)c2ccc(NC(=O)c4cccs4)c(=O)n2C3)c1. The molecule has 2 atom stereocenters. The van der Waals surface area contributed by atoms with E-state index in [9.17, 15) is 24.3 Å². The topological polar surface area (TPSA) is 109 Å². The van der Waals surface area contributed by atoms with Crippen molar-refractivity contribution in [2.24, 2.45) is 5.92 Å². The van der Waals surface area contributed by atoms with Gasteiger partial charge in [0, 0.05) is 36.8 Å². The van der Waals surface area contributed by atoms with Crippen molar-refractivity contribution in [2.75, 3.05) is 18.4 Å². The van der Waals surface area contributed by atoms with Crippen LogP contribution in [0.4, 0.5) is 5.69 Å². The number of anilines is 1. The molecule has 3 aromatic rings. The van der Waals surface area contributed by atoms with Crippen LogP contribution in [0.3, 0.4) is 0 Å². The van der Waals surface area contributed by atoms with Gasteiger partial charge in [-0.2, -0.15) is 0 Å². The van der Waals surface area contributed by atoms with E-state index in [1.807, 2.05) is 6.07 Å². The fraction of sp³-hybridized carbons (Fsp3) is 0.250. The van der Waals surface area contributed by atoms with Crippen molar-refractivity contribution in [2.45, 2.75) is 18.9 Å². The Kier molecular flexibility index (Phi) is 5.33. The molecule has 1 fully saturated rings. The summed E-state index contributed by atoms with van der Waals surface area (Å²) in [5.74, 6) is -1.49. The zero-order chi connectivity index (χ0) is 23.1. The number of carbonyl (C=O) groups is 3. The molecule has 1 saturated heterocycles. The van der Waals surface area contributed by atoms with Gasteiger partial charge >= 0.3 is 5.97 Å². The summed E-state index contributed by atoms with van der Waals surface area (Å²) < 4.78 is 1.72. The lowest BCUT2D eigenvalue weighted by Crippen LogP contribution is -2.49. The predicted octanol–water partition coefficient (Wildman–Crippen LogP) is 3.12. The molecule has 5 rings (SSSR count). The number of aromatic nitrogens is 1. The molecule has 4 heterocycles. The average molecular weight is 464 g/mol. The number of nitrogens with zero attached hydrogens (tertiary/aromatic N) is 2. The summed E-state index contributed by atoms with van der Waals surface area (Å²) in [7, 11) is 0. The van der Waals surface area contributed by atoms with Crippen LogP contribution in [0.15, 0.2) is 58.7 Å². The van der Waals surface area contributed by atoms with Gasteiger partial charge in [0.15, 0.2) is 0 Å². The Morgan fingerprint density at radius 2 is 1.82 bits per heavy atom. The average Bonchev–Trinajstić information content (AvgIpc) is 3.36. The number of nitrogens with one attached hydrogen (secondary N) is 1. The number of rotatable bonds is 4. The lowest BCUT2D eigenvalue weighted by molar-refractivity contribution is 0.0594. The lowest BCUT2D eigenvalue weighted by atomic mass is 9.83. The first-order valence-corrected chi connectivity index (χ1v) is 11.5. The van der Waals surface area contributed by atoms with Crippen LogP contribution in [0.1, 0.15) is 48.4 Å². The number of carbonyl (C=O) groups excluding carboxylic acids is 2. The molecule has 2 unspecified atom stereocenters. The molecule has 0 saturated carbocycles. The quantitative estimate of drug-likeness (QED) is 0.618. The van der Waals surface area contributed by atoms with Gasteiger partial charge in [0.1, 0.15) is 5.69 Å². The summed E-state index contributed by atoms with van der Waals surface area (Å²) in [6, 6.07) is 13.0. The van der Waals surface area contributed by atoms with Crippen LogP contribution in [-0.4, -0.2) is 45.4 Å². The third-order valence-electron chi connectivity index (χ3n) is 6.24. The normalized spacial score (nSPS) is 19.0. The smallest absolute Gasteiger partial charge is 0.335 e. The number of benzene rings is 1. The van der Waals surface area contributed by atoms with Gasteiger partial charge in [-0.15, -0.1) is 11.3 Å². The van der Waals surface area contributed by atoms with Crippen LogP contribution in [0.25, 0.3) is 0 Å². The summed E-state index contributed by atoms with van der Waals surface area (Å²) in [6.07, 6.45) is 0.874. The van der Waals surface area contributed by atoms with Gasteiger partial charge in [0.2, 0.25) is 0 Å². The van der Waals surface area contributed by atoms with Gasteiger partial charge in [0.05, 0.1) is 10.4 Å². The van der Waals surface area contributed by atoms with E-state index >= 15 is 0 Å². The van der Waals surface area contributed by atoms with Gasteiger partial charge in [-0.3, -0.25) is 14.4 Å². The maximum absolute atomic E-state index is 13.1. The van der Waals surface area contributed by atoms with Crippen molar-refractivity contribution in [3.8, 4) is 0 Å². The van der Waals surface area contributed by atoms with E-state index in [0.717, 1.165) is 12.1 Å². The number of aromatic carboxylic acids is 1. The monoisotopic (exact) mass is 463 g/mol. The van der Waals surface area contributed by atoms with Gasteiger partial charge in [-0.1, -0.05) is 12.1 Å². The molecular weight excluding hydrogens is 442 g/mol. The second-order valence-corrected chi connectivity index (χ2v) is 9.36. The molecule has 2 aromatic heterocycles. The molecule has 168 valence electrons. The molecule has 2 N–H and O–H groups in total. The van der Waals surface area contributed by atoms with Gasteiger partial charge in [-0.05, 0) is 54.1 Å². The van der Waals surface area contributed by atoms with Crippen LogP contribution >= 0.6 is 11.3 Å². The number of amides is 2. The molecule has 33 heavy (non-hydrogen) atoms. The molecule has 2 bridgehead atoms. The summed E-state index contributed by atoms with van der Waals surface area (Å²) in [5.41, 5.74) is 1.28. The van der Waals surface area contributed by atoms with Crippen molar-refractivity contribution >= 4 is 34.8 Å². The fourth-order valence-corrected chi connectivity index (χ4v) is 5.39. The van der Waals surface area contributed by atoms with Crippen molar-refractivity contribution in [1.82, 2.24) is 9.47 Å². The summed E-state index contributed by atoms with van der Waals surface area (Å²) >= 11 is 1.31. The van der Waals surface area contributed by atoms with Crippen LogP contribution in [-0.2, 0) is 6.54 Å². The zero-order valence-corrected chi connectivity index (χ0v) is 18.4. The molecule has 0 aliphatic carbocycles. The molecule has 9 heteroatoms. The molecule has 2 aliphatic heterocycles. The minimum atomic E-state index is -1.07. The summed E-state index contributed by atoms with van der Waals surface area (Å²) in [4.78, 5) is 52.1. The summed E-state index contributed by atoms with van der Waals surface area (Å²) in [6.45, 7) is 1.41. The van der Waals surface area contributed by atoms with Crippen LogP contribution in [0.5, 0.6) is 0 Å². The number of carboxylic acids is 1. The van der Waals surface area contributed by atoms with Crippen molar-refractivity contribution in [3.05, 3.63) is 86.0 Å². The van der Waals surface area contributed by atoms with Crippen LogP contribution < -0.4 is 10.9 Å². The molecule has 8 nitrogen and oxygen atoms in total. The Hall–Kier alpha value is -3.72. The Bertz CT molecular complexity index is 1310. The number of piperidine rings is 1. The first kappa shape index (κ1) is 21.1. The van der Waals surface area contributed by atoms with E-state index in [1.165, 1.54) is 23.5 Å². The van der Waals surface area contributed by atoms with E-state index in [-0.39, 0.29) is 40.5 Å². The molecule has 0 radical (unpaired) electrons. The van der Waals surface area contributed by atoms with E-state index in [4.69, 9.17) is 0 Å². The highest BCUT2D eigenvalue weighted by molar-refractivity contribution is 7.12. The molecule has 2 aliphatic rings.